The van der Waals surface area contributed by atoms with E-state index in [9.17, 15) is 5.26 Å². The van der Waals surface area contributed by atoms with E-state index in [2.05, 4.69) is 36.3 Å². The highest BCUT2D eigenvalue weighted by Crippen LogP contribution is 2.39. The lowest BCUT2D eigenvalue weighted by atomic mass is 9.89. The van der Waals surface area contributed by atoms with Crippen LogP contribution in [-0.2, 0) is 16.0 Å². The summed E-state index contributed by atoms with van der Waals surface area (Å²) < 4.78 is 26.9. The highest BCUT2D eigenvalue weighted by molar-refractivity contribution is 5.67. The molecule has 2 aliphatic heterocycles. The maximum atomic E-state index is 9.67. The average molecular weight is 655 g/mol. The Morgan fingerprint density at radius 2 is 1.75 bits per heavy atom. The molecule has 14 heteroatoms. The Labute approximate surface area is 280 Å². The van der Waals surface area contributed by atoms with Gasteiger partial charge in [-0.3, -0.25) is 9.58 Å². The van der Waals surface area contributed by atoms with Crippen molar-refractivity contribution in [2.75, 3.05) is 38.9 Å². The number of fused-ring (bicyclic) bond motifs is 2. The van der Waals surface area contributed by atoms with Crippen molar-refractivity contribution in [2.45, 2.75) is 82.3 Å². The molecule has 1 saturated carbocycles. The van der Waals surface area contributed by atoms with E-state index in [1.165, 1.54) is 19.2 Å². The molecular weight excluding hydrogens is 612 g/mol. The lowest BCUT2D eigenvalue weighted by Crippen LogP contribution is -2.52. The number of nitrogens with one attached hydrogen (secondary N) is 1. The summed E-state index contributed by atoms with van der Waals surface area (Å²) in [5.41, 5.74) is 2.78. The Kier molecular flexibility index (Phi) is 9.78. The summed E-state index contributed by atoms with van der Waals surface area (Å²) in [7, 11) is 1.65. The van der Waals surface area contributed by atoms with Crippen molar-refractivity contribution in [2.24, 2.45) is 0 Å². The first kappa shape index (κ1) is 32.0. The fraction of sp³-hybridized carbons (Fsp3) is 0.529. The third-order valence-electron chi connectivity index (χ3n) is 9.56. The monoisotopic (exact) mass is 654 g/mol. The number of hydrogen-bond acceptors (Lipinski definition) is 12. The van der Waals surface area contributed by atoms with Gasteiger partial charge in [-0.15, -0.1) is 5.10 Å². The van der Waals surface area contributed by atoms with E-state index < -0.39 is 0 Å². The Hall–Kier alpha value is -4.58. The molecule has 3 fully saturated rings. The van der Waals surface area contributed by atoms with E-state index in [1.54, 1.807) is 36.6 Å². The number of ether oxygens (including phenoxy) is 4. The molecule has 2 bridgehead atoms. The number of anilines is 2. The molecule has 2 saturated heterocycles. The molecule has 1 aliphatic carbocycles. The first-order chi connectivity index (χ1) is 23.6. The highest BCUT2D eigenvalue weighted by Gasteiger charge is 2.42. The maximum absolute atomic E-state index is 9.67. The van der Waals surface area contributed by atoms with Crippen molar-refractivity contribution in [3.8, 4) is 28.8 Å². The van der Waals surface area contributed by atoms with E-state index >= 15 is 0 Å². The largest absolute Gasteiger partial charge is 0.487 e. The van der Waals surface area contributed by atoms with Gasteiger partial charge in [-0.1, -0.05) is 6.07 Å². The van der Waals surface area contributed by atoms with Crippen LogP contribution >= 0.6 is 0 Å². The molecule has 48 heavy (non-hydrogen) atoms. The molecule has 0 radical (unpaired) electrons. The standard InChI is InChI=1S/C34H42N10O4/c1-23(17-42-22-36-21-39-42)48-32-13-24(3-4-25(32)14-35)26-15-37-34(38-16-26)40-31-18-43(41-33(31)47-12-11-45-2)27-5-7-28(8-6-27)44-29-9-10-30(44)20-46-19-29/h3-4,13,15-16,18,21-23,27-30H,5-12,17,19-20H2,1-2H3,(H,37,38,40)/t23-,27-,28-,29-,30+/m0/s1. The van der Waals surface area contributed by atoms with Gasteiger partial charge in [0.1, 0.15) is 42.9 Å². The number of rotatable bonds is 13. The second-order valence-electron chi connectivity index (χ2n) is 12.8. The number of benzene rings is 1. The predicted octanol–water partition coefficient (Wildman–Crippen LogP) is 4.39. The fourth-order valence-corrected chi connectivity index (χ4v) is 7.25. The van der Waals surface area contributed by atoms with Gasteiger partial charge < -0.3 is 24.3 Å². The normalized spacial score (nSPS) is 23.0. The van der Waals surface area contributed by atoms with Crippen molar-refractivity contribution in [1.82, 2.24) is 39.4 Å². The third kappa shape index (κ3) is 7.13. The summed E-state index contributed by atoms with van der Waals surface area (Å²) in [5, 5.41) is 22.0. The van der Waals surface area contributed by atoms with Crippen LogP contribution in [0.25, 0.3) is 11.1 Å². The van der Waals surface area contributed by atoms with Crippen LogP contribution in [0.4, 0.5) is 11.6 Å². The topological polar surface area (TPSA) is 150 Å². The van der Waals surface area contributed by atoms with Gasteiger partial charge in [-0.05, 0) is 63.1 Å². The maximum Gasteiger partial charge on any atom is 0.257 e. The zero-order chi connectivity index (χ0) is 32.9. The van der Waals surface area contributed by atoms with E-state index in [1.807, 2.05) is 29.9 Å². The minimum absolute atomic E-state index is 0.229. The van der Waals surface area contributed by atoms with Gasteiger partial charge >= 0.3 is 0 Å². The number of hydrogen-bond donors (Lipinski definition) is 1. The molecule has 5 heterocycles. The molecule has 0 unspecified atom stereocenters. The molecule has 0 amide bonds. The van der Waals surface area contributed by atoms with Crippen LogP contribution in [0.15, 0.2) is 49.4 Å². The zero-order valence-electron chi connectivity index (χ0n) is 27.4. The van der Waals surface area contributed by atoms with Crippen LogP contribution in [0.5, 0.6) is 11.6 Å². The number of nitrogens with zero attached hydrogens (tertiary/aromatic N) is 9. The van der Waals surface area contributed by atoms with Crippen LogP contribution < -0.4 is 14.8 Å². The third-order valence-corrected chi connectivity index (χ3v) is 9.56. The van der Waals surface area contributed by atoms with Gasteiger partial charge in [0, 0.05) is 43.2 Å². The fourth-order valence-electron chi connectivity index (χ4n) is 7.25. The molecule has 0 spiro atoms. The summed E-state index contributed by atoms with van der Waals surface area (Å²) in [6.07, 6.45) is 15.4. The first-order valence-electron chi connectivity index (χ1n) is 16.8. The molecule has 7 rings (SSSR count). The van der Waals surface area contributed by atoms with E-state index in [4.69, 9.17) is 24.0 Å². The minimum atomic E-state index is -0.229. The Morgan fingerprint density at radius 1 is 1.00 bits per heavy atom. The Bertz CT molecular complexity index is 1660. The van der Waals surface area contributed by atoms with Crippen molar-refractivity contribution < 1.29 is 18.9 Å². The average Bonchev–Trinajstić information content (AvgIpc) is 3.83. The molecule has 4 aromatic rings. The molecule has 3 aliphatic rings. The molecule has 14 nitrogen and oxygen atoms in total. The van der Waals surface area contributed by atoms with Crippen molar-refractivity contribution >= 4 is 11.6 Å². The summed E-state index contributed by atoms with van der Waals surface area (Å²) in [4.78, 5) is 15.9. The van der Waals surface area contributed by atoms with Crippen molar-refractivity contribution in [3.05, 3.63) is 55.0 Å². The zero-order valence-corrected chi connectivity index (χ0v) is 27.4. The number of methoxy groups -OCH3 is 1. The first-order valence-corrected chi connectivity index (χ1v) is 16.8. The molecule has 1 N–H and O–H groups in total. The lowest BCUT2D eigenvalue weighted by molar-refractivity contribution is -0.0458. The minimum Gasteiger partial charge on any atom is -0.487 e. The molecule has 252 valence electrons. The molecule has 3 aromatic heterocycles. The van der Waals surface area contributed by atoms with Crippen LogP contribution in [0, 0.1) is 11.3 Å². The van der Waals surface area contributed by atoms with Crippen molar-refractivity contribution in [3.63, 3.8) is 0 Å². The van der Waals surface area contributed by atoms with Gasteiger partial charge in [0.2, 0.25) is 5.95 Å². The van der Waals surface area contributed by atoms with Gasteiger partial charge in [-0.25, -0.2) is 19.6 Å². The lowest BCUT2D eigenvalue weighted by Gasteiger charge is -2.43. The second-order valence-corrected chi connectivity index (χ2v) is 12.8. The van der Waals surface area contributed by atoms with Crippen LogP contribution in [0.3, 0.4) is 0 Å². The van der Waals surface area contributed by atoms with Gasteiger partial charge in [0.05, 0.1) is 44.2 Å². The number of nitriles is 1. The van der Waals surface area contributed by atoms with Crippen LogP contribution in [0.1, 0.15) is 57.1 Å². The number of aromatic nitrogens is 7. The SMILES string of the molecule is COCCOc1nn([C@H]2CC[C@H](N3[C@@H]4CC[C@H]3COC4)CC2)cc1Nc1ncc(-c2ccc(C#N)c(O[C@@H](C)Cn3cncn3)c2)cn1. The molecule has 3 atom stereocenters. The summed E-state index contributed by atoms with van der Waals surface area (Å²) in [6.45, 7) is 5.03. The van der Waals surface area contributed by atoms with Gasteiger partial charge in [0.15, 0.2) is 0 Å². The highest BCUT2D eigenvalue weighted by atomic mass is 16.5. The summed E-state index contributed by atoms with van der Waals surface area (Å²) >= 11 is 0. The van der Waals surface area contributed by atoms with Gasteiger partial charge in [-0.2, -0.15) is 10.4 Å². The van der Waals surface area contributed by atoms with E-state index in [-0.39, 0.29) is 6.10 Å². The molecular formula is C34H42N10O4. The van der Waals surface area contributed by atoms with Crippen molar-refractivity contribution in [1.29, 1.82) is 5.26 Å². The van der Waals surface area contributed by atoms with Crippen LogP contribution in [-0.4, -0.2) is 97.2 Å². The van der Waals surface area contributed by atoms with Crippen LogP contribution in [0.2, 0.25) is 0 Å². The number of morpholine rings is 1. The second kappa shape index (κ2) is 14.7. The van der Waals surface area contributed by atoms with Gasteiger partial charge in [0.25, 0.3) is 5.88 Å². The van der Waals surface area contributed by atoms with E-state index in [0.717, 1.165) is 50.0 Å². The predicted molar refractivity (Wildman–Crippen MR) is 176 cm³/mol. The summed E-state index contributed by atoms with van der Waals surface area (Å²) in [5.74, 6) is 1.41. The quantitative estimate of drug-likeness (QED) is 0.204. The summed E-state index contributed by atoms with van der Waals surface area (Å²) in [6, 6.07) is 9.77. The Balaban J connectivity index is 1.02. The van der Waals surface area contributed by atoms with E-state index in [0.29, 0.717) is 72.8 Å². The Morgan fingerprint density at radius 3 is 2.46 bits per heavy atom. The smallest absolute Gasteiger partial charge is 0.257 e. The molecule has 1 aromatic carbocycles.